The van der Waals surface area contributed by atoms with Crippen LogP contribution in [0, 0.1) is 0 Å². The highest BCUT2D eigenvalue weighted by atomic mass is 16.7. The van der Waals surface area contributed by atoms with Gasteiger partial charge in [-0.3, -0.25) is 4.79 Å². The molecule has 1 amide bonds. The molecule has 9 N–H and O–H groups in total. The van der Waals surface area contributed by atoms with E-state index in [1.54, 1.807) is 6.08 Å². The van der Waals surface area contributed by atoms with E-state index in [0.717, 1.165) is 38.5 Å². The first kappa shape index (κ1) is 67.5. The maximum absolute atomic E-state index is 13.1. The van der Waals surface area contributed by atoms with Crippen LogP contribution in [0.4, 0.5) is 0 Å². The van der Waals surface area contributed by atoms with Crippen molar-refractivity contribution in [3.05, 3.63) is 72.9 Å². The molecule has 2 saturated heterocycles. The number of allylic oxidation sites excluding steroid dienone is 11. The lowest BCUT2D eigenvalue weighted by Gasteiger charge is -2.46. The topological polar surface area (TPSA) is 228 Å². The molecule has 2 fully saturated rings. The standard InChI is InChI=1S/C60H105NO13/c1-3-5-7-9-11-13-15-17-18-19-20-21-22-23-24-25-26-27-28-29-30-32-33-35-37-39-41-43-49(64)48(61-52(65)44-42-40-38-36-34-31-16-14-12-10-8-6-4-2)47-71-59-57(70)55(68)58(51(46-63)73-59)74-60-56(69)54(67)53(66)50(45-62)72-60/h6,8,12,14,31,33-35,38,40-41,43,48-51,53-60,62-64,66-70H,3-5,7,9-11,13,15-30,32,36-37,39,42,44-47H2,1-2H3,(H,61,65)/b8-6-,14-12-,34-31-,35-33+,40-38-,43-41+. The number of aliphatic hydroxyl groups is 8. The summed E-state index contributed by atoms with van der Waals surface area (Å²) >= 11 is 0. The van der Waals surface area contributed by atoms with E-state index in [-0.39, 0.29) is 18.9 Å². The number of aliphatic hydroxyl groups excluding tert-OH is 8. The number of rotatable bonds is 45. The first-order chi connectivity index (χ1) is 36.1. The predicted octanol–water partition coefficient (Wildman–Crippen LogP) is 9.55. The summed E-state index contributed by atoms with van der Waals surface area (Å²) < 4.78 is 22.7. The van der Waals surface area contributed by atoms with Crippen LogP contribution in [0.3, 0.4) is 0 Å². The number of hydrogen-bond donors (Lipinski definition) is 9. The third-order valence-electron chi connectivity index (χ3n) is 13.9. The fraction of sp³-hybridized carbons (Fsp3) is 0.783. The molecule has 0 radical (unpaired) electrons. The summed E-state index contributed by atoms with van der Waals surface area (Å²) in [5, 5.41) is 86.8. The molecule has 2 aliphatic heterocycles. The van der Waals surface area contributed by atoms with E-state index in [0.29, 0.717) is 12.8 Å². The van der Waals surface area contributed by atoms with Gasteiger partial charge in [0.25, 0.3) is 0 Å². The summed E-state index contributed by atoms with van der Waals surface area (Å²) in [6.45, 7) is 2.61. The average molecular weight is 1050 g/mol. The largest absolute Gasteiger partial charge is 0.394 e. The van der Waals surface area contributed by atoms with Crippen LogP contribution in [0.15, 0.2) is 72.9 Å². The molecule has 0 aromatic heterocycles. The normalized spacial score (nSPS) is 25.8. The number of unbranched alkanes of at least 4 members (excludes halogenated alkanes) is 22. The summed E-state index contributed by atoms with van der Waals surface area (Å²) in [5.74, 6) is -0.331. The van der Waals surface area contributed by atoms with Crippen molar-refractivity contribution in [3.63, 3.8) is 0 Å². The zero-order valence-electron chi connectivity index (χ0n) is 45.8. The van der Waals surface area contributed by atoms with Crippen LogP contribution < -0.4 is 5.32 Å². The van der Waals surface area contributed by atoms with Gasteiger partial charge in [0, 0.05) is 6.42 Å². The van der Waals surface area contributed by atoms with Crippen LogP contribution in [-0.2, 0) is 23.7 Å². The first-order valence-corrected chi connectivity index (χ1v) is 29.2. The van der Waals surface area contributed by atoms with Crippen molar-refractivity contribution < 1.29 is 64.6 Å². The second-order valence-electron chi connectivity index (χ2n) is 20.4. The molecule has 14 nitrogen and oxygen atoms in total. The van der Waals surface area contributed by atoms with E-state index >= 15 is 0 Å². The Kier molecular flexibility index (Phi) is 41.5. The van der Waals surface area contributed by atoms with Crippen LogP contribution in [0.25, 0.3) is 0 Å². The molecule has 0 bridgehead atoms. The van der Waals surface area contributed by atoms with Gasteiger partial charge in [0.2, 0.25) is 5.91 Å². The molecular formula is C60H105NO13. The van der Waals surface area contributed by atoms with Crippen molar-refractivity contribution in [2.75, 3.05) is 19.8 Å². The molecule has 428 valence electrons. The molecule has 14 heteroatoms. The Morgan fingerprint density at radius 1 is 0.500 bits per heavy atom. The Bertz CT molecular complexity index is 1520. The Morgan fingerprint density at radius 3 is 1.47 bits per heavy atom. The molecule has 0 aromatic rings. The van der Waals surface area contributed by atoms with Crippen LogP contribution in [0.2, 0.25) is 0 Å². The quantitative estimate of drug-likeness (QED) is 0.0205. The average Bonchev–Trinajstić information content (AvgIpc) is 3.40. The van der Waals surface area contributed by atoms with Crippen molar-refractivity contribution in [1.29, 1.82) is 0 Å². The lowest BCUT2D eigenvalue weighted by atomic mass is 9.97. The van der Waals surface area contributed by atoms with Gasteiger partial charge in [-0.1, -0.05) is 215 Å². The van der Waals surface area contributed by atoms with E-state index in [1.807, 2.05) is 18.2 Å². The van der Waals surface area contributed by atoms with E-state index in [9.17, 15) is 45.6 Å². The summed E-state index contributed by atoms with van der Waals surface area (Å²) in [4.78, 5) is 13.1. The van der Waals surface area contributed by atoms with E-state index in [2.05, 4.69) is 67.8 Å². The van der Waals surface area contributed by atoms with Crippen molar-refractivity contribution in [2.45, 2.75) is 280 Å². The van der Waals surface area contributed by atoms with E-state index < -0.39 is 86.8 Å². The van der Waals surface area contributed by atoms with Gasteiger partial charge in [-0.05, 0) is 57.8 Å². The van der Waals surface area contributed by atoms with Gasteiger partial charge in [-0.15, -0.1) is 0 Å². The number of amides is 1. The number of ether oxygens (including phenoxy) is 4. The number of nitrogens with one attached hydrogen (secondary N) is 1. The summed E-state index contributed by atoms with van der Waals surface area (Å²) in [6.07, 6.45) is 42.7. The van der Waals surface area contributed by atoms with Crippen LogP contribution in [0.1, 0.15) is 206 Å². The Labute approximate surface area is 447 Å². The zero-order valence-corrected chi connectivity index (χ0v) is 45.8. The van der Waals surface area contributed by atoms with Crippen LogP contribution in [0.5, 0.6) is 0 Å². The van der Waals surface area contributed by atoms with Crippen molar-refractivity contribution in [2.24, 2.45) is 0 Å². The van der Waals surface area contributed by atoms with Crippen molar-refractivity contribution in [1.82, 2.24) is 5.32 Å². The second kappa shape index (κ2) is 45.4. The molecule has 12 unspecified atom stereocenters. The lowest BCUT2D eigenvalue weighted by molar-refractivity contribution is -0.359. The van der Waals surface area contributed by atoms with Crippen LogP contribution >= 0.6 is 0 Å². The highest BCUT2D eigenvalue weighted by Crippen LogP contribution is 2.30. The zero-order chi connectivity index (χ0) is 53.9. The van der Waals surface area contributed by atoms with E-state index in [1.165, 1.54) is 135 Å². The monoisotopic (exact) mass is 1050 g/mol. The lowest BCUT2D eigenvalue weighted by Crippen LogP contribution is -2.65. The molecule has 0 aromatic carbocycles. The number of hydrogen-bond acceptors (Lipinski definition) is 13. The van der Waals surface area contributed by atoms with Gasteiger partial charge in [-0.2, -0.15) is 0 Å². The minimum atomic E-state index is -1.80. The number of carbonyl (C=O) groups is 1. The van der Waals surface area contributed by atoms with Gasteiger partial charge >= 0.3 is 0 Å². The smallest absolute Gasteiger partial charge is 0.220 e. The summed E-state index contributed by atoms with van der Waals surface area (Å²) in [7, 11) is 0. The first-order valence-electron chi connectivity index (χ1n) is 29.2. The maximum Gasteiger partial charge on any atom is 0.220 e. The summed E-state index contributed by atoms with van der Waals surface area (Å²) in [5.41, 5.74) is 0. The summed E-state index contributed by atoms with van der Waals surface area (Å²) in [6, 6.07) is -0.973. The molecule has 12 atom stereocenters. The highest BCUT2D eigenvalue weighted by molar-refractivity contribution is 5.76. The maximum atomic E-state index is 13.1. The third-order valence-corrected chi connectivity index (χ3v) is 13.9. The Morgan fingerprint density at radius 2 is 0.946 bits per heavy atom. The molecule has 2 aliphatic rings. The third kappa shape index (κ3) is 31.0. The van der Waals surface area contributed by atoms with Gasteiger partial charge in [0.05, 0.1) is 32.0 Å². The van der Waals surface area contributed by atoms with Crippen molar-refractivity contribution >= 4 is 5.91 Å². The van der Waals surface area contributed by atoms with Crippen molar-refractivity contribution in [3.8, 4) is 0 Å². The van der Waals surface area contributed by atoms with Gasteiger partial charge in [-0.25, -0.2) is 0 Å². The molecule has 0 spiro atoms. The second-order valence-corrected chi connectivity index (χ2v) is 20.4. The fourth-order valence-corrected chi connectivity index (χ4v) is 9.20. The molecule has 2 heterocycles. The molecule has 2 rings (SSSR count). The molecule has 74 heavy (non-hydrogen) atoms. The molecule has 0 saturated carbocycles. The minimum absolute atomic E-state index is 0.149. The Balaban J connectivity index is 1.77. The molecular weight excluding hydrogens is 943 g/mol. The predicted molar refractivity (Wildman–Crippen MR) is 295 cm³/mol. The minimum Gasteiger partial charge on any atom is -0.394 e. The van der Waals surface area contributed by atoms with Gasteiger partial charge < -0.3 is 65.1 Å². The van der Waals surface area contributed by atoms with Crippen LogP contribution in [-0.4, -0.2) is 140 Å². The number of carbonyl (C=O) groups excluding carboxylic acids is 1. The SMILES string of the molecule is CC/C=C\C/C=C\C/C=C\C/C=C\CCC(=O)NC(COC1OC(CO)C(OC2OC(CO)C(O)C(O)C2O)C(O)C1O)C(O)/C=C/CC/C=C/CCCCCCCCCCCCCCCCCCCCCCC. The van der Waals surface area contributed by atoms with Gasteiger partial charge in [0.15, 0.2) is 12.6 Å². The highest BCUT2D eigenvalue weighted by Gasteiger charge is 2.51. The molecule has 0 aliphatic carbocycles. The Hall–Kier alpha value is -2.57. The fourth-order valence-electron chi connectivity index (χ4n) is 9.20. The van der Waals surface area contributed by atoms with Gasteiger partial charge in [0.1, 0.15) is 48.8 Å². The van der Waals surface area contributed by atoms with E-state index in [4.69, 9.17) is 18.9 Å².